The Balaban J connectivity index is 0.000000204. The number of hydrogen-bond acceptors (Lipinski definition) is 3. The molecule has 4 aromatic rings. The van der Waals surface area contributed by atoms with Crippen LogP contribution in [-0.2, 0) is 0 Å². The lowest BCUT2D eigenvalue weighted by atomic mass is 9.34. The van der Waals surface area contributed by atoms with Crippen molar-refractivity contribution in [3.8, 4) is 17.2 Å². The molecule has 6 heteroatoms. The minimum absolute atomic E-state index is 0.252. The summed E-state index contributed by atoms with van der Waals surface area (Å²) in [5.74, 6) is 2.30. The number of aromatic nitrogens is 2. The monoisotopic (exact) mass is 446 g/mol. The first-order valence-electron chi connectivity index (χ1n) is 10.6. The molecule has 4 rings (SSSR count). The second-order valence-electron chi connectivity index (χ2n) is 7.63. The van der Waals surface area contributed by atoms with Crippen LogP contribution in [-0.4, -0.2) is 30.5 Å². The molecule has 0 saturated carbocycles. The number of imidazole rings is 1. The van der Waals surface area contributed by atoms with Gasteiger partial charge in [0.2, 0.25) is 6.71 Å². The summed E-state index contributed by atoms with van der Waals surface area (Å²) in [5, 5.41) is 0.732. The summed E-state index contributed by atoms with van der Waals surface area (Å²) in [4.78, 5) is 3.94. The number of nitrogens with zero attached hydrogens (tertiary/aromatic N) is 2. The zero-order chi connectivity index (χ0) is 22.9. The highest BCUT2D eigenvalue weighted by atomic mass is 35.5. The van der Waals surface area contributed by atoms with Crippen LogP contribution in [0.1, 0.15) is 13.8 Å². The topological polar surface area (TPSA) is 36.3 Å². The quantitative estimate of drug-likeness (QED) is 0.380. The van der Waals surface area contributed by atoms with Crippen LogP contribution in [0.15, 0.2) is 91.5 Å². The maximum atomic E-state index is 5.97. The van der Waals surface area contributed by atoms with Gasteiger partial charge in [-0.05, 0) is 35.2 Å². The van der Waals surface area contributed by atoms with Gasteiger partial charge in [0.1, 0.15) is 11.5 Å². The van der Waals surface area contributed by atoms with Gasteiger partial charge in [0.25, 0.3) is 0 Å². The van der Waals surface area contributed by atoms with E-state index in [0.29, 0.717) is 5.82 Å². The molecule has 0 aliphatic heterocycles. The average Bonchev–Trinajstić information content (AvgIpc) is 3.35. The fourth-order valence-corrected chi connectivity index (χ4v) is 4.03. The van der Waals surface area contributed by atoms with E-state index in [1.807, 2.05) is 59.3 Å². The van der Waals surface area contributed by atoms with E-state index in [9.17, 15) is 0 Å². The summed E-state index contributed by atoms with van der Waals surface area (Å²) >= 11 is 5.97. The van der Waals surface area contributed by atoms with Crippen LogP contribution in [0.25, 0.3) is 5.69 Å². The maximum absolute atomic E-state index is 5.97. The smallest absolute Gasteiger partial charge is 0.221 e. The molecule has 0 fully saturated rings. The molecule has 0 N–H and O–H groups in total. The summed E-state index contributed by atoms with van der Waals surface area (Å²) in [6.07, 6.45) is 5.31. The molecule has 1 aromatic heterocycles. The number of para-hydroxylation sites is 3. The van der Waals surface area contributed by atoms with Crippen molar-refractivity contribution in [3.05, 3.63) is 96.5 Å². The molecule has 0 radical (unpaired) electrons. The molecular weight excluding hydrogens is 419 g/mol. The molecule has 0 atom stereocenters. The van der Waals surface area contributed by atoms with Crippen molar-refractivity contribution >= 4 is 29.2 Å². The SMILES string of the molecule is COc1ccccc1B(c1ccccc1OC)C(C)C.Clc1ccccc1-n1ccnc1. The van der Waals surface area contributed by atoms with Crippen LogP contribution >= 0.6 is 11.6 Å². The lowest BCUT2D eigenvalue weighted by Gasteiger charge is -2.22. The fraction of sp³-hybridized carbons (Fsp3) is 0.192. The molecular formula is C26H28BClN2O2. The zero-order valence-electron chi connectivity index (χ0n) is 18.9. The van der Waals surface area contributed by atoms with E-state index in [0.717, 1.165) is 22.2 Å². The van der Waals surface area contributed by atoms with Crippen molar-refractivity contribution in [3.63, 3.8) is 0 Å². The summed E-state index contributed by atoms with van der Waals surface area (Å²) in [5.41, 5.74) is 3.36. The predicted octanol–water partition coefficient (Wildman–Crippen LogP) is 5.25. The molecule has 0 aliphatic rings. The van der Waals surface area contributed by atoms with Crippen LogP contribution < -0.4 is 20.4 Å². The summed E-state index contributed by atoms with van der Waals surface area (Å²) in [6.45, 7) is 4.70. The number of rotatable bonds is 6. The van der Waals surface area contributed by atoms with Crippen molar-refractivity contribution in [2.75, 3.05) is 14.2 Å². The number of hydrogen-bond donors (Lipinski definition) is 0. The van der Waals surface area contributed by atoms with Gasteiger partial charge in [-0.25, -0.2) is 4.98 Å². The third kappa shape index (κ3) is 5.54. The Morgan fingerprint density at radius 2 is 1.34 bits per heavy atom. The van der Waals surface area contributed by atoms with Gasteiger partial charge >= 0.3 is 0 Å². The molecule has 32 heavy (non-hydrogen) atoms. The van der Waals surface area contributed by atoms with Crippen molar-refractivity contribution in [2.24, 2.45) is 0 Å². The highest BCUT2D eigenvalue weighted by molar-refractivity contribution is 6.87. The highest BCUT2D eigenvalue weighted by Crippen LogP contribution is 2.19. The van der Waals surface area contributed by atoms with Crippen molar-refractivity contribution in [2.45, 2.75) is 19.7 Å². The standard InChI is InChI=1S/C17H21BO2.C9H7ClN2/c1-13(2)18(14-9-5-7-11-16(14)19-3)15-10-6-8-12-17(15)20-4;10-8-3-1-2-4-9(8)12-6-5-11-7-12/h5-13H,1-4H3;1-7H. The van der Waals surface area contributed by atoms with Crippen LogP contribution in [0.3, 0.4) is 0 Å². The number of methoxy groups -OCH3 is 2. The van der Waals surface area contributed by atoms with Crippen molar-refractivity contribution in [1.29, 1.82) is 0 Å². The number of ether oxygens (including phenoxy) is 2. The van der Waals surface area contributed by atoms with Gasteiger partial charge in [0.05, 0.1) is 31.3 Å². The predicted molar refractivity (Wildman–Crippen MR) is 135 cm³/mol. The molecule has 0 amide bonds. The van der Waals surface area contributed by atoms with Gasteiger partial charge in [-0.2, -0.15) is 0 Å². The normalized spacial score (nSPS) is 10.3. The van der Waals surface area contributed by atoms with Crippen LogP contribution in [0.2, 0.25) is 10.8 Å². The molecule has 0 bridgehead atoms. The molecule has 3 aromatic carbocycles. The first-order chi connectivity index (χ1) is 15.6. The third-order valence-electron chi connectivity index (χ3n) is 5.25. The van der Waals surface area contributed by atoms with Crippen molar-refractivity contribution < 1.29 is 9.47 Å². The van der Waals surface area contributed by atoms with Crippen LogP contribution in [0.5, 0.6) is 11.5 Å². The van der Waals surface area contributed by atoms with E-state index in [-0.39, 0.29) is 6.71 Å². The summed E-state index contributed by atoms with van der Waals surface area (Å²) in [6, 6.07) is 24.1. The van der Waals surface area contributed by atoms with Gasteiger partial charge in [-0.1, -0.05) is 79.8 Å². The Labute approximate surface area is 195 Å². The van der Waals surface area contributed by atoms with E-state index >= 15 is 0 Å². The molecule has 0 saturated heterocycles. The van der Waals surface area contributed by atoms with Gasteiger partial charge in [-0.15, -0.1) is 0 Å². The second kappa shape index (κ2) is 11.4. The minimum Gasteiger partial charge on any atom is -0.497 e. The highest BCUT2D eigenvalue weighted by Gasteiger charge is 2.28. The van der Waals surface area contributed by atoms with Crippen LogP contribution in [0.4, 0.5) is 0 Å². The molecule has 1 heterocycles. The lowest BCUT2D eigenvalue weighted by molar-refractivity contribution is 0.417. The largest absolute Gasteiger partial charge is 0.497 e. The van der Waals surface area contributed by atoms with E-state index in [1.165, 1.54) is 10.9 Å². The Kier molecular flexibility index (Phi) is 8.40. The Morgan fingerprint density at radius 3 is 1.81 bits per heavy atom. The van der Waals surface area contributed by atoms with E-state index < -0.39 is 0 Å². The van der Waals surface area contributed by atoms with Gasteiger partial charge in [-0.3, -0.25) is 0 Å². The van der Waals surface area contributed by atoms with Crippen LogP contribution in [0, 0.1) is 0 Å². The Morgan fingerprint density at radius 1 is 0.812 bits per heavy atom. The van der Waals surface area contributed by atoms with E-state index in [2.05, 4.69) is 43.1 Å². The lowest BCUT2D eigenvalue weighted by Crippen LogP contribution is -2.45. The molecule has 164 valence electrons. The third-order valence-corrected chi connectivity index (χ3v) is 5.57. The Hall–Kier alpha value is -3.18. The molecule has 0 unspecified atom stereocenters. The summed E-state index contributed by atoms with van der Waals surface area (Å²) in [7, 11) is 3.44. The van der Waals surface area contributed by atoms with Gasteiger partial charge < -0.3 is 14.0 Å². The summed E-state index contributed by atoms with van der Waals surface area (Å²) < 4.78 is 12.9. The minimum atomic E-state index is 0.252. The zero-order valence-corrected chi connectivity index (χ0v) is 19.7. The number of halogens is 1. The molecule has 0 aliphatic carbocycles. The Bertz CT molecular complexity index is 1070. The van der Waals surface area contributed by atoms with E-state index in [4.69, 9.17) is 21.1 Å². The van der Waals surface area contributed by atoms with Gasteiger partial charge in [0, 0.05) is 12.4 Å². The van der Waals surface area contributed by atoms with Gasteiger partial charge in [0.15, 0.2) is 0 Å². The number of benzene rings is 3. The average molecular weight is 447 g/mol. The first kappa shape index (κ1) is 23.5. The molecule has 4 nitrogen and oxygen atoms in total. The first-order valence-corrected chi connectivity index (χ1v) is 10.9. The molecule has 0 spiro atoms. The van der Waals surface area contributed by atoms with Crippen molar-refractivity contribution in [1.82, 2.24) is 9.55 Å². The maximum Gasteiger partial charge on any atom is 0.221 e. The fourth-order valence-electron chi connectivity index (χ4n) is 3.80. The van der Waals surface area contributed by atoms with E-state index in [1.54, 1.807) is 26.7 Å². The second-order valence-corrected chi connectivity index (χ2v) is 8.03.